The molecule has 0 bridgehead atoms. The molecular weight excluding hydrogens is 783 g/mol. The quantitative estimate of drug-likeness (QED) is 0.128. The van der Waals surface area contributed by atoms with E-state index in [1.807, 2.05) is 0 Å². The van der Waals surface area contributed by atoms with Gasteiger partial charge in [-0.1, -0.05) is 146 Å². The van der Waals surface area contributed by atoms with Crippen LogP contribution in [0.4, 0.5) is 0 Å². The van der Waals surface area contributed by atoms with E-state index in [0.717, 1.165) is 22.2 Å². The number of fused-ring (bicyclic) bond motifs is 8. The van der Waals surface area contributed by atoms with Crippen molar-refractivity contribution in [3.63, 3.8) is 0 Å². The van der Waals surface area contributed by atoms with E-state index in [-0.39, 0.29) is 25.5 Å². The van der Waals surface area contributed by atoms with Gasteiger partial charge in [-0.15, -0.1) is 29.3 Å². The molecule has 2 heteroatoms. The molecule has 1 nitrogen and oxygen atoms in total. The molecule has 1 heterocycles. The smallest absolute Gasteiger partial charge is 0.0602 e. The Morgan fingerprint density at radius 1 is 0.460 bits per heavy atom. The van der Waals surface area contributed by atoms with Crippen molar-refractivity contribution in [2.75, 3.05) is 0 Å². The van der Waals surface area contributed by atoms with Crippen LogP contribution in [0.3, 0.4) is 0 Å². The van der Waals surface area contributed by atoms with Gasteiger partial charge in [-0.05, 0) is 95.5 Å². The molecule has 0 atom stereocenters. The molecule has 0 saturated heterocycles. The fraction of sp³-hybridized carbons (Fsp3) is 0.0625. The van der Waals surface area contributed by atoms with Crippen molar-refractivity contribution in [1.82, 2.24) is 4.98 Å². The standard InChI is InChI=1S/C48H32N.Ir/c1-48(2)44-18-10-9-17-39(44)40-23-21-35(28-45(40)48)47-29-42(41-27-34-13-5-6-14-36(34)37-15-7-8-16-38(37)41)43-26-33(22-24-46(43)49-47)32-20-19-30-11-3-4-12-31(30)25-32;/h3-20,22-29H,1-2H3;/q-1;. The Bertz CT molecular complexity index is 2810. The summed E-state index contributed by atoms with van der Waals surface area (Å²) in [7, 11) is 0. The summed E-state index contributed by atoms with van der Waals surface area (Å²) in [6.07, 6.45) is 0. The second-order valence-corrected chi connectivity index (χ2v) is 13.9. The maximum atomic E-state index is 5.35. The van der Waals surface area contributed by atoms with E-state index >= 15 is 0 Å². The molecule has 1 aliphatic carbocycles. The van der Waals surface area contributed by atoms with E-state index in [0.29, 0.717) is 0 Å². The van der Waals surface area contributed by atoms with Gasteiger partial charge in [-0.2, -0.15) is 0 Å². The van der Waals surface area contributed by atoms with Gasteiger partial charge in [0.25, 0.3) is 0 Å². The molecule has 9 aromatic rings. The van der Waals surface area contributed by atoms with Gasteiger partial charge in [-0.3, -0.25) is 4.98 Å². The van der Waals surface area contributed by atoms with E-state index in [9.17, 15) is 0 Å². The van der Waals surface area contributed by atoms with Crippen molar-refractivity contribution in [3.8, 4) is 44.6 Å². The van der Waals surface area contributed by atoms with E-state index in [4.69, 9.17) is 4.98 Å². The maximum absolute atomic E-state index is 5.35. The van der Waals surface area contributed by atoms with Crippen LogP contribution in [0.1, 0.15) is 25.0 Å². The van der Waals surface area contributed by atoms with Gasteiger partial charge in [0.1, 0.15) is 0 Å². The van der Waals surface area contributed by atoms with Gasteiger partial charge in [-0.25, -0.2) is 0 Å². The van der Waals surface area contributed by atoms with E-state index < -0.39 is 0 Å². The van der Waals surface area contributed by atoms with Gasteiger partial charge in [0, 0.05) is 25.5 Å². The molecule has 0 aliphatic heterocycles. The topological polar surface area (TPSA) is 12.9 Å². The normalized spacial score (nSPS) is 13.0. The van der Waals surface area contributed by atoms with Gasteiger partial charge in [0.15, 0.2) is 0 Å². The summed E-state index contributed by atoms with van der Waals surface area (Å²) in [5.41, 5.74) is 12.9. The van der Waals surface area contributed by atoms with Crippen LogP contribution in [0.2, 0.25) is 0 Å². The zero-order chi connectivity index (χ0) is 32.7. The van der Waals surface area contributed by atoms with Gasteiger partial charge < -0.3 is 0 Å². The predicted octanol–water partition coefficient (Wildman–Crippen LogP) is 12.8. The minimum Gasteiger partial charge on any atom is -0.296 e. The summed E-state index contributed by atoms with van der Waals surface area (Å²) in [6, 6.07) is 61.2. The van der Waals surface area contributed by atoms with Gasteiger partial charge in [0.2, 0.25) is 0 Å². The first-order valence-electron chi connectivity index (χ1n) is 17.0. The summed E-state index contributed by atoms with van der Waals surface area (Å²) >= 11 is 0. The SMILES string of the molecule is CC1(C)c2ccccc2-c2c[c-]c(-c3cc(-c4cc5ccccc5c5ccccc45)c4cc(-c5ccc6ccccc6c5)ccc4n3)cc21.[Ir]. The number of nitrogens with zero attached hydrogens (tertiary/aromatic N) is 1. The van der Waals surface area contributed by atoms with Crippen molar-refractivity contribution < 1.29 is 20.1 Å². The zero-order valence-corrected chi connectivity index (χ0v) is 30.2. The number of aromatic nitrogens is 1. The second-order valence-electron chi connectivity index (χ2n) is 13.9. The molecule has 0 fully saturated rings. The Hall–Kier alpha value is -5.40. The van der Waals surface area contributed by atoms with Crippen LogP contribution in [0.5, 0.6) is 0 Å². The van der Waals surface area contributed by atoms with Crippen molar-refractivity contribution in [2.24, 2.45) is 0 Å². The predicted molar refractivity (Wildman–Crippen MR) is 207 cm³/mol. The van der Waals surface area contributed by atoms with Crippen LogP contribution in [0, 0.1) is 6.07 Å². The number of pyridine rings is 1. The third-order valence-corrected chi connectivity index (χ3v) is 10.7. The van der Waals surface area contributed by atoms with Crippen molar-refractivity contribution in [3.05, 3.63) is 175 Å². The first kappa shape index (κ1) is 30.6. The molecular formula is C48H32IrN-. The third kappa shape index (κ3) is 4.67. The molecule has 239 valence electrons. The summed E-state index contributed by atoms with van der Waals surface area (Å²) in [6.45, 7) is 4.66. The van der Waals surface area contributed by atoms with Crippen molar-refractivity contribution >= 4 is 43.2 Å². The Labute approximate surface area is 305 Å². The second kappa shape index (κ2) is 11.6. The minimum absolute atomic E-state index is 0. The molecule has 1 radical (unpaired) electrons. The summed E-state index contributed by atoms with van der Waals surface area (Å²) in [5, 5.41) is 8.64. The summed E-state index contributed by atoms with van der Waals surface area (Å²) in [4.78, 5) is 5.35. The Balaban J connectivity index is 0.00000336. The van der Waals surface area contributed by atoms with Crippen LogP contribution in [0.15, 0.2) is 158 Å². The number of benzene rings is 8. The molecule has 1 aliphatic rings. The Morgan fingerprint density at radius 2 is 1.12 bits per heavy atom. The van der Waals surface area contributed by atoms with Crippen molar-refractivity contribution in [1.29, 1.82) is 0 Å². The summed E-state index contributed by atoms with van der Waals surface area (Å²) in [5.74, 6) is 0. The van der Waals surface area contributed by atoms with Crippen molar-refractivity contribution in [2.45, 2.75) is 19.3 Å². The van der Waals surface area contributed by atoms with Gasteiger partial charge in [0.05, 0.1) is 5.52 Å². The molecule has 50 heavy (non-hydrogen) atoms. The van der Waals surface area contributed by atoms with Crippen LogP contribution >= 0.6 is 0 Å². The molecule has 0 N–H and O–H groups in total. The number of hydrogen-bond donors (Lipinski definition) is 0. The first-order chi connectivity index (χ1) is 24.0. The maximum Gasteiger partial charge on any atom is 0.0602 e. The fourth-order valence-electron chi connectivity index (χ4n) is 8.20. The number of rotatable bonds is 3. The Morgan fingerprint density at radius 3 is 1.98 bits per heavy atom. The largest absolute Gasteiger partial charge is 0.296 e. The average molecular weight is 815 g/mol. The van der Waals surface area contributed by atoms with E-state index in [2.05, 4.69) is 178 Å². The number of hydrogen-bond acceptors (Lipinski definition) is 1. The molecule has 8 aromatic carbocycles. The molecule has 0 spiro atoms. The molecule has 0 unspecified atom stereocenters. The van der Waals surface area contributed by atoms with Crippen LogP contribution < -0.4 is 0 Å². The van der Waals surface area contributed by atoms with Crippen LogP contribution in [-0.4, -0.2) is 4.98 Å². The first-order valence-corrected chi connectivity index (χ1v) is 17.0. The van der Waals surface area contributed by atoms with Gasteiger partial charge >= 0.3 is 0 Å². The monoisotopic (exact) mass is 815 g/mol. The average Bonchev–Trinajstić information content (AvgIpc) is 3.39. The van der Waals surface area contributed by atoms with E-state index in [1.54, 1.807) is 0 Å². The Kier molecular flexibility index (Phi) is 7.11. The molecule has 1 aromatic heterocycles. The molecule has 10 rings (SSSR count). The summed E-state index contributed by atoms with van der Waals surface area (Å²) < 4.78 is 0. The van der Waals surface area contributed by atoms with Crippen LogP contribution in [0.25, 0.3) is 87.9 Å². The third-order valence-electron chi connectivity index (χ3n) is 10.7. The van der Waals surface area contributed by atoms with Crippen LogP contribution in [-0.2, 0) is 25.5 Å². The van der Waals surface area contributed by atoms with E-state index in [1.165, 1.54) is 76.8 Å². The molecule has 0 saturated carbocycles. The molecule has 0 amide bonds. The zero-order valence-electron chi connectivity index (χ0n) is 27.8. The minimum atomic E-state index is -0.0985. The fourth-order valence-corrected chi connectivity index (χ4v) is 8.20.